The summed E-state index contributed by atoms with van der Waals surface area (Å²) in [6.07, 6.45) is 2.98. The summed E-state index contributed by atoms with van der Waals surface area (Å²) >= 11 is 0. The molecule has 1 aromatic carbocycles. The smallest absolute Gasteiger partial charge is 0.253 e. The van der Waals surface area contributed by atoms with Gasteiger partial charge in [0.25, 0.3) is 5.91 Å². The molecular weight excluding hydrogens is 342 g/mol. The van der Waals surface area contributed by atoms with E-state index in [1.54, 1.807) is 23.2 Å². The van der Waals surface area contributed by atoms with E-state index in [1.165, 1.54) is 0 Å². The number of benzene rings is 1. The van der Waals surface area contributed by atoms with Gasteiger partial charge in [0.05, 0.1) is 6.61 Å². The molecule has 0 saturated carbocycles. The number of anilines is 1. The van der Waals surface area contributed by atoms with Gasteiger partial charge in [0.15, 0.2) is 0 Å². The first-order chi connectivity index (χ1) is 13.1. The van der Waals surface area contributed by atoms with E-state index in [1.807, 2.05) is 38.1 Å². The Morgan fingerprint density at radius 3 is 2.70 bits per heavy atom. The topological polar surface area (TPSA) is 71.5 Å². The van der Waals surface area contributed by atoms with Gasteiger partial charge in [-0.3, -0.25) is 9.59 Å². The number of pyridine rings is 1. The zero-order valence-corrected chi connectivity index (χ0v) is 15.8. The molecule has 0 bridgehead atoms. The summed E-state index contributed by atoms with van der Waals surface area (Å²) in [7, 11) is 0. The molecule has 1 saturated heterocycles. The largest absolute Gasteiger partial charge is 0.494 e. The lowest BCUT2D eigenvalue weighted by molar-refractivity contribution is -0.121. The van der Waals surface area contributed by atoms with Crippen LogP contribution in [-0.2, 0) is 4.79 Å². The van der Waals surface area contributed by atoms with Crippen LogP contribution >= 0.6 is 0 Å². The van der Waals surface area contributed by atoms with E-state index in [9.17, 15) is 9.59 Å². The number of rotatable bonds is 5. The van der Waals surface area contributed by atoms with Gasteiger partial charge >= 0.3 is 0 Å². The zero-order chi connectivity index (χ0) is 19.2. The summed E-state index contributed by atoms with van der Waals surface area (Å²) in [5, 5.41) is 2.88. The molecule has 1 fully saturated rings. The average Bonchev–Trinajstić information content (AvgIpc) is 2.68. The third kappa shape index (κ3) is 4.84. The highest BCUT2D eigenvalue weighted by atomic mass is 16.5. The molecule has 142 valence electrons. The summed E-state index contributed by atoms with van der Waals surface area (Å²) in [6, 6.07) is 11.0. The fourth-order valence-corrected chi connectivity index (χ4v) is 3.25. The van der Waals surface area contributed by atoms with Crippen LogP contribution in [0.25, 0.3) is 0 Å². The summed E-state index contributed by atoms with van der Waals surface area (Å²) in [6.45, 7) is 5.57. The van der Waals surface area contributed by atoms with E-state index in [-0.39, 0.29) is 17.7 Å². The SMILES string of the molecule is CCOc1cccc(C(=O)N2CCC(C(=O)Nc3cc(C)ccn3)CC2)c1. The molecule has 0 radical (unpaired) electrons. The van der Waals surface area contributed by atoms with E-state index in [4.69, 9.17) is 4.74 Å². The number of carbonyl (C=O) groups excluding carboxylic acids is 2. The van der Waals surface area contributed by atoms with Crippen molar-refractivity contribution < 1.29 is 14.3 Å². The number of carbonyl (C=O) groups is 2. The van der Waals surface area contributed by atoms with Crippen molar-refractivity contribution in [2.75, 3.05) is 25.0 Å². The minimum atomic E-state index is -0.105. The van der Waals surface area contributed by atoms with Gasteiger partial charge in [-0.15, -0.1) is 0 Å². The summed E-state index contributed by atoms with van der Waals surface area (Å²) < 4.78 is 5.47. The monoisotopic (exact) mass is 367 g/mol. The van der Waals surface area contributed by atoms with E-state index < -0.39 is 0 Å². The lowest BCUT2D eigenvalue weighted by Crippen LogP contribution is -2.41. The van der Waals surface area contributed by atoms with Gasteiger partial charge in [0.1, 0.15) is 11.6 Å². The number of hydrogen-bond donors (Lipinski definition) is 1. The number of likely N-dealkylation sites (tertiary alicyclic amines) is 1. The number of nitrogens with zero attached hydrogens (tertiary/aromatic N) is 2. The first-order valence-electron chi connectivity index (χ1n) is 9.32. The summed E-state index contributed by atoms with van der Waals surface area (Å²) in [5.41, 5.74) is 1.67. The van der Waals surface area contributed by atoms with Crippen molar-refractivity contribution in [3.05, 3.63) is 53.7 Å². The molecule has 1 aliphatic rings. The number of aromatic nitrogens is 1. The van der Waals surface area contributed by atoms with Gasteiger partial charge in [-0.2, -0.15) is 0 Å². The Balaban J connectivity index is 1.56. The Labute approximate surface area is 159 Å². The van der Waals surface area contributed by atoms with Crippen molar-refractivity contribution in [1.82, 2.24) is 9.88 Å². The van der Waals surface area contributed by atoms with Gasteiger partial charge < -0.3 is 15.0 Å². The van der Waals surface area contributed by atoms with E-state index in [0.717, 1.165) is 5.56 Å². The first kappa shape index (κ1) is 18.9. The number of nitrogens with one attached hydrogen (secondary N) is 1. The number of hydrogen-bond acceptors (Lipinski definition) is 4. The fourth-order valence-electron chi connectivity index (χ4n) is 3.25. The molecule has 3 rings (SSSR count). The van der Waals surface area contributed by atoms with Crippen molar-refractivity contribution in [3.63, 3.8) is 0 Å². The number of piperidine rings is 1. The zero-order valence-electron chi connectivity index (χ0n) is 15.8. The van der Waals surface area contributed by atoms with Gasteiger partial charge in [-0.25, -0.2) is 4.98 Å². The van der Waals surface area contributed by atoms with Gasteiger partial charge in [0.2, 0.25) is 5.91 Å². The van der Waals surface area contributed by atoms with Gasteiger partial charge in [0, 0.05) is 30.8 Å². The van der Waals surface area contributed by atoms with Crippen LogP contribution in [0.4, 0.5) is 5.82 Å². The van der Waals surface area contributed by atoms with Crippen molar-refractivity contribution in [2.45, 2.75) is 26.7 Å². The maximum absolute atomic E-state index is 12.7. The lowest BCUT2D eigenvalue weighted by Gasteiger charge is -2.31. The molecule has 0 aliphatic carbocycles. The second-order valence-electron chi connectivity index (χ2n) is 6.74. The second kappa shape index (κ2) is 8.66. The molecule has 0 unspecified atom stereocenters. The Kier molecular flexibility index (Phi) is 6.06. The predicted molar refractivity (Wildman–Crippen MR) is 104 cm³/mol. The van der Waals surface area contributed by atoms with Crippen molar-refractivity contribution in [2.24, 2.45) is 5.92 Å². The highest BCUT2D eigenvalue weighted by molar-refractivity contribution is 5.95. The number of amides is 2. The Bertz CT molecular complexity index is 814. The van der Waals surface area contributed by atoms with Crippen LogP contribution in [0, 0.1) is 12.8 Å². The molecule has 6 heteroatoms. The molecule has 27 heavy (non-hydrogen) atoms. The quantitative estimate of drug-likeness (QED) is 0.880. The van der Waals surface area contributed by atoms with E-state index in [2.05, 4.69) is 10.3 Å². The molecule has 1 aromatic heterocycles. The minimum absolute atomic E-state index is 0.0178. The van der Waals surface area contributed by atoms with Crippen LogP contribution in [0.5, 0.6) is 5.75 Å². The van der Waals surface area contributed by atoms with Gasteiger partial charge in [-0.05, 0) is 62.6 Å². The molecule has 2 heterocycles. The Hall–Kier alpha value is -2.89. The lowest BCUT2D eigenvalue weighted by atomic mass is 9.95. The number of aryl methyl sites for hydroxylation is 1. The predicted octanol–water partition coefficient (Wildman–Crippen LogP) is 3.28. The standard InChI is InChI=1S/C21H25N3O3/c1-3-27-18-6-4-5-17(14-18)21(26)24-11-8-16(9-12-24)20(25)23-19-13-15(2)7-10-22-19/h4-7,10,13-14,16H,3,8-9,11-12H2,1-2H3,(H,22,23,25). The highest BCUT2D eigenvalue weighted by Gasteiger charge is 2.28. The molecule has 1 N–H and O–H groups in total. The molecule has 0 spiro atoms. The van der Waals surface area contributed by atoms with Crippen molar-refractivity contribution in [3.8, 4) is 5.75 Å². The normalized spacial score (nSPS) is 14.7. The van der Waals surface area contributed by atoms with Crippen LogP contribution in [0.2, 0.25) is 0 Å². The van der Waals surface area contributed by atoms with Crippen LogP contribution in [-0.4, -0.2) is 41.4 Å². The fraction of sp³-hybridized carbons (Fsp3) is 0.381. The van der Waals surface area contributed by atoms with Crippen LogP contribution in [0.1, 0.15) is 35.7 Å². The summed E-state index contributed by atoms with van der Waals surface area (Å²) in [4.78, 5) is 31.2. The molecule has 2 aromatic rings. The van der Waals surface area contributed by atoms with E-state index in [0.29, 0.717) is 49.7 Å². The van der Waals surface area contributed by atoms with Crippen molar-refractivity contribution >= 4 is 17.6 Å². The molecule has 1 aliphatic heterocycles. The summed E-state index contributed by atoms with van der Waals surface area (Å²) in [5.74, 6) is 1.12. The maximum Gasteiger partial charge on any atom is 0.253 e. The van der Waals surface area contributed by atoms with Crippen molar-refractivity contribution in [1.29, 1.82) is 0 Å². The third-order valence-electron chi connectivity index (χ3n) is 4.71. The third-order valence-corrected chi connectivity index (χ3v) is 4.71. The Morgan fingerprint density at radius 2 is 2.00 bits per heavy atom. The average molecular weight is 367 g/mol. The van der Waals surface area contributed by atoms with Crippen LogP contribution in [0.3, 0.4) is 0 Å². The first-order valence-corrected chi connectivity index (χ1v) is 9.32. The number of ether oxygens (including phenoxy) is 1. The molecular formula is C21H25N3O3. The van der Waals surface area contributed by atoms with Crippen LogP contribution < -0.4 is 10.1 Å². The van der Waals surface area contributed by atoms with Gasteiger partial charge in [-0.1, -0.05) is 6.07 Å². The minimum Gasteiger partial charge on any atom is -0.494 e. The highest BCUT2D eigenvalue weighted by Crippen LogP contribution is 2.22. The van der Waals surface area contributed by atoms with Crippen LogP contribution in [0.15, 0.2) is 42.6 Å². The second-order valence-corrected chi connectivity index (χ2v) is 6.74. The van der Waals surface area contributed by atoms with E-state index >= 15 is 0 Å². The Morgan fingerprint density at radius 1 is 1.22 bits per heavy atom. The molecule has 2 amide bonds. The molecule has 0 atom stereocenters. The maximum atomic E-state index is 12.7. The molecule has 6 nitrogen and oxygen atoms in total.